The molecule has 2 rings (SSSR count). The van der Waals surface area contributed by atoms with Gasteiger partial charge in [0.25, 0.3) is 0 Å². The number of hydrogen-bond acceptors (Lipinski definition) is 2. The minimum atomic E-state index is 0.530. The van der Waals surface area contributed by atoms with E-state index in [1.54, 1.807) is 11.1 Å². The summed E-state index contributed by atoms with van der Waals surface area (Å²) in [6.07, 6.45) is 2.15. The van der Waals surface area contributed by atoms with Crippen LogP contribution in [0.25, 0.3) is 0 Å². The minimum absolute atomic E-state index is 0.530. The van der Waals surface area contributed by atoms with E-state index in [9.17, 15) is 0 Å². The van der Waals surface area contributed by atoms with Gasteiger partial charge in [-0.15, -0.1) is 0 Å². The zero-order valence-electron chi connectivity index (χ0n) is 16.6. The smallest absolute Gasteiger partial charge is 0.0410 e. The van der Waals surface area contributed by atoms with E-state index in [1.165, 1.54) is 11.3 Å². The fraction of sp³-hybridized carbons (Fsp3) is 0.762. The third-order valence-corrected chi connectivity index (χ3v) is 6.37. The molecule has 0 N–H and O–H groups in total. The zero-order chi connectivity index (χ0) is 17.5. The lowest BCUT2D eigenvalue weighted by Gasteiger charge is -2.42. The Hall–Kier alpha value is -0.890. The SMILES string of the molecule is Cc1ncc(C(C)C)c2c1[C@@H](C)[C@@H](C)[C@@H](C)N(C)CC2C(C)C. The van der Waals surface area contributed by atoms with Gasteiger partial charge in [0.1, 0.15) is 0 Å². The summed E-state index contributed by atoms with van der Waals surface area (Å²) < 4.78 is 0. The third-order valence-electron chi connectivity index (χ3n) is 6.37. The van der Waals surface area contributed by atoms with Crippen molar-refractivity contribution in [2.45, 2.75) is 79.2 Å². The molecule has 1 aromatic rings. The number of pyridine rings is 1. The highest BCUT2D eigenvalue weighted by Crippen LogP contribution is 2.43. The van der Waals surface area contributed by atoms with E-state index >= 15 is 0 Å². The van der Waals surface area contributed by atoms with Gasteiger partial charge < -0.3 is 4.90 Å². The Morgan fingerprint density at radius 2 is 1.70 bits per heavy atom. The van der Waals surface area contributed by atoms with Gasteiger partial charge in [0, 0.05) is 24.5 Å². The van der Waals surface area contributed by atoms with Crippen molar-refractivity contribution in [3.8, 4) is 0 Å². The second-order valence-electron chi connectivity index (χ2n) is 8.46. The van der Waals surface area contributed by atoms with Gasteiger partial charge in [-0.2, -0.15) is 0 Å². The lowest BCUT2D eigenvalue weighted by atomic mass is 9.72. The second-order valence-corrected chi connectivity index (χ2v) is 8.46. The summed E-state index contributed by atoms with van der Waals surface area (Å²) in [5.74, 6) is 2.95. The van der Waals surface area contributed by atoms with Gasteiger partial charge in [0.2, 0.25) is 0 Å². The van der Waals surface area contributed by atoms with Gasteiger partial charge in [0.05, 0.1) is 0 Å². The first kappa shape index (κ1) is 18.4. The van der Waals surface area contributed by atoms with Crippen LogP contribution in [0.5, 0.6) is 0 Å². The molecule has 23 heavy (non-hydrogen) atoms. The van der Waals surface area contributed by atoms with Crippen molar-refractivity contribution in [3.05, 3.63) is 28.6 Å². The molecular weight excluding hydrogens is 280 g/mol. The maximum atomic E-state index is 4.80. The molecule has 0 saturated heterocycles. The van der Waals surface area contributed by atoms with E-state index in [-0.39, 0.29) is 0 Å². The van der Waals surface area contributed by atoms with Crippen LogP contribution < -0.4 is 0 Å². The van der Waals surface area contributed by atoms with Crippen molar-refractivity contribution < 1.29 is 0 Å². The Kier molecular flexibility index (Phi) is 5.56. The van der Waals surface area contributed by atoms with Crippen molar-refractivity contribution in [2.24, 2.45) is 11.8 Å². The Bertz CT molecular complexity index is 547. The van der Waals surface area contributed by atoms with E-state index in [1.807, 2.05) is 0 Å². The molecule has 2 nitrogen and oxygen atoms in total. The van der Waals surface area contributed by atoms with E-state index in [2.05, 4.69) is 73.5 Å². The standard InChI is InChI=1S/C21H36N2/c1-12(2)18-10-22-16(7)20-15(6)14(5)17(8)23(9)11-19(13(3)4)21(18)20/h10,12-15,17,19H,11H2,1-9H3/t14-,15+,17-,19?/m1/s1. The van der Waals surface area contributed by atoms with Gasteiger partial charge in [-0.25, -0.2) is 0 Å². The highest BCUT2D eigenvalue weighted by Gasteiger charge is 2.35. The van der Waals surface area contributed by atoms with Crippen LogP contribution in [0, 0.1) is 18.8 Å². The molecule has 1 aliphatic heterocycles. The maximum absolute atomic E-state index is 4.80. The average molecular weight is 317 g/mol. The lowest BCUT2D eigenvalue weighted by molar-refractivity contribution is 0.154. The largest absolute Gasteiger partial charge is 0.303 e. The van der Waals surface area contributed by atoms with Crippen molar-refractivity contribution in [1.29, 1.82) is 0 Å². The number of aromatic nitrogens is 1. The summed E-state index contributed by atoms with van der Waals surface area (Å²) in [5.41, 5.74) is 5.86. The van der Waals surface area contributed by atoms with Crippen LogP contribution in [-0.4, -0.2) is 29.5 Å². The normalized spacial score (nSPS) is 29.5. The Morgan fingerprint density at radius 3 is 2.22 bits per heavy atom. The summed E-state index contributed by atoms with van der Waals surface area (Å²) in [7, 11) is 2.30. The fourth-order valence-electron chi connectivity index (χ4n) is 4.30. The summed E-state index contributed by atoms with van der Waals surface area (Å²) in [6.45, 7) is 19.9. The van der Waals surface area contributed by atoms with Crippen molar-refractivity contribution in [3.63, 3.8) is 0 Å². The van der Waals surface area contributed by atoms with Crippen molar-refractivity contribution in [2.75, 3.05) is 13.6 Å². The first-order valence-electron chi connectivity index (χ1n) is 9.36. The summed E-state index contributed by atoms with van der Waals surface area (Å²) in [5, 5.41) is 0. The first-order chi connectivity index (χ1) is 10.7. The van der Waals surface area contributed by atoms with Crippen molar-refractivity contribution >= 4 is 0 Å². The van der Waals surface area contributed by atoms with Gasteiger partial charge in [-0.3, -0.25) is 4.98 Å². The van der Waals surface area contributed by atoms with Crippen LogP contribution in [-0.2, 0) is 0 Å². The van der Waals surface area contributed by atoms with Gasteiger partial charge in [-0.05, 0) is 67.2 Å². The molecule has 130 valence electrons. The molecule has 0 aliphatic carbocycles. The molecule has 1 aromatic heterocycles. The Labute approximate surface area is 143 Å². The summed E-state index contributed by atoms with van der Waals surface area (Å²) in [4.78, 5) is 7.37. The topological polar surface area (TPSA) is 16.1 Å². The number of rotatable bonds is 2. The third kappa shape index (κ3) is 3.33. The van der Waals surface area contributed by atoms with Crippen LogP contribution in [0.2, 0.25) is 0 Å². The van der Waals surface area contributed by atoms with Crippen LogP contribution in [0.15, 0.2) is 6.20 Å². The minimum Gasteiger partial charge on any atom is -0.303 e. The monoisotopic (exact) mass is 316 g/mol. The van der Waals surface area contributed by atoms with E-state index < -0.39 is 0 Å². The molecule has 0 aromatic carbocycles. The molecule has 0 saturated carbocycles. The number of fused-ring (bicyclic) bond motifs is 1. The molecule has 0 spiro atoms. The van der Waals surface area contributed by atoms with Crippen LogP contribution >= 0.6 is 0 Å². The highest BCUT2D eigenvalue weighted by atomic mass is 15.1. The quantitative estimate of drug-likeness (QED) is 0.733. The Morgan fingerprint density at radius 1 is 1.09 bits per heavy atom. The molecule has 0 bridgehead atoms. The molecule has 2 heteroatoms. The zero-order valence-corrected chi connectivity index (χ0v) is 16.6. The van der Waals surface area contributed by atoms with Crippen LogP contribution in [0.4, 0.5) is 0 Å². The summed E-state index contributed by atoms with van der Waals surface area (Å²) >= 11 is 0. The lowest BCUT2D eigenvalue weighted by Crippen LogP contribution is -2.42. The number of nitrogens with zero attached hydrogens (tertiary/aromatic N) is 2. The fourth-order valence-corrected chi connectivity index (χ4v) is 4.30. The molecular formula is C21H36N2. The van der Waals surface area contributed by atoms with Crippen molar-refractivity contribution in [1.82, 2.24) is 9.88 Å². The predicted octanol–water partition coefficient (Wildman–Crippen LogP) is 5.33. The van der Waals surface area contributed by atoms with E-state index in [0.717, 1.165) is 6.54 Å². The van der Waals surface area contributed by atoms with Crippen LogP contribution in [0.3, 0.4) is 0 Å². The van der Waals surface area contributed by atoms with Gasteiger partial charge in [0.15, 0.2) is 0 Å². The number of likely N-dealkylation sites (N-methyl/N-ethyl adjacent to an activating group) is 1. The highest BCUT2D eigenvalue weighted by molar-refractivity contribution is 5.44. The molecule has 4 atom stereocenters. The van der Waals surface area contributed by atoms with E-state index in [4.69, 9.17) is 4.98 Å². The molecule has 0 amide bonds. The number of hydrogen-bond donors (Lipinski definition) is 0. The molecule has 0 fully saturated rings. The Balaban J connectivity index is 2.76. The predicted molar refractivity (Wildman–Crippen MR) is 100 cm³/mol. The average Bonchev–Trinajstić information content (AvgIpc) is 2.48. The van der Waals surface area contributed by atoms with Gasteiger partial charge >= 0.3 is 0 Å². The summed E-state index contributed by atoms with van der Waals surface area (Å²) in [6, 6.07) is 0.599. The number of aryl methyl sites for hydroxylation is 1. The second kappa shape index (κ2) is 6.93. The maximum Gasteiger partial charge on any atom is 0.0410 e. The van der Waals surface area contributed by atoms with Crippen LogP contribution in [0.1, 0.15) is 88.6 Å². The van der Waals surface area contributed by atoms with E-state index in [0.29, 0.717) is 35.6 Å². The molecule has 1 unspecified atom stereocenters. The molecule has 1 aliphatic rings. The molecule has 2 heterocycles. The molecule has 0 radical (unpaired) electrons. The van der Waals surface area contributed by atoms with Gasteiger partial charge in [-0.1, -0.05) is 41.5 Å². The first-order valence-corrected chi connectivity index (χ1v) is 9.36.